The molecule has 0 radical (unpaired) electrons. The Morgan fingerprint density at radius 1 is 1.27 bits per heavy atom. The Balaban J connectivity index is 2.51. The Morgan fingerprint density at radius 3 is 2.53 bits per heavy atom. The fraction of sp³-hybridized carbons (Fsp3) is 1.00. The minimum absolute atomic E-state index is 0.133. The molecular weight excluding hydrogens is 198 g/mol. The molecule has 1 rings (SSSR count). The summed E-state index contributed by atoms with van der Waals surface area (Å²) in [5.74, 6) is 0. The van der Waals surface area contributed by atoms with Gasteiger partial charge in [-0.2, -0.15) is 0 Å². The largest absolute Gasteiger partial charge is 0.396 e. The summed E-state index contributed by atoms with van der Waals surface area (Å²) in [5, 5.41) is 27.7. The fourth-order valence-corrected chi connectivity index (χ4v) is 2.04. The molecule has 1 saturated heterocycles. The van der Waals surface area contributed by atoms with E-state index in [1.807, 2.05) is 0 Å². The maximum atomic E-state index is 9.73. The molecule has 1 heterocycles. The second-order valence-electron chi connectivity index (χ2n) is 4.40. The summed E-state index contributed by atoms with van der Waals surface area (Å²) in [6.45, 7) is 0.360. The topological polar surface area (TPSA) is 95.9 Å². The van der Waals surface area contributed by atoms with Crippen molar-refractivity contribution in [3.8, 4) is 0 Å². The second kappa shape index (κ2) is 5.23. The van der Waals surface area contributed by atoms with Gasteiger partial charge >= 0.3 is 0 Å². The minimum Gasteiger partial charge on any atom is -0.396 e. The number of aliphatic hydroxyl groups excluding tert-OH is 2. The van der Waals surface area contributed by atoms with Crippen LogP contribution >= 0.6 is 0 Å². The summed E-state index contributed by atoms with van der Waals surface area (Å²) in [6, 6.07) is 0. The van der Waals surface area contributed by atoms with Crippen molar-refractivity contribution in [1.82, 2.24) is 0 Å². The summed E-state index contributed by atoms with van der Waals surface area (Å²) in [6.07, 6.45) is 2.70. The third-order valence-corrected chi connectivity index (χ3v) is 2.90. The molecular formula is C10H21NO4. The quantitative estimate of drug-likeness (QED) is 0.363. The van der Waals surface area contributed by atoms with Crippen LogP contribution in [0.25, 0.3) is 0 Å². The molecule has 0 aromatic carbocycles. The average molecular weight is 219 g/mol. The summed E-state index contributed by atoms with van der Waals surface area (Å²) in [5.41, 5.74) is 3.69. The molecule has 0 saturated carbocycles. The lowest BCUT2D eigenvalue weighted by Crippen LogP contribution is -2.55. The van der Waals surface area contributed by atoms with Crippen molar-refractivity contribution < 1.29 is 20.1 Å². The van der Waals surface area contributed by atoms with Crippen molar-refractivity contribution in [2.75, 3.05) is 19.8 Å². The van der Waals surface area contributed by atoms with E-state index in [1.54, 1.807) is 0 Å². The van der Waals surface area contributed by atoms with Gasteiger partial charge in [0.1, 0.15) is 5.72 Å². The summed E-state index contributed by atoms with van der Waals surface area (Å²) < 4.78 is 5.53. The van der Waals surface area contributed by atoms with Crippen molar-refractivity contribution >= 4 is 0 Å². The van der Waals surface area contributed by atoms with E-state index in [0.717, 1.165) is 6.42 Å². The first-order valence-electron chi connectivity index (χ1n) is 5.41. The number of aliphatic hydroxyl groups is 3. The van der Waals surface area contributed by atoms with Crippen molar-refractivity contribution in [2.45, 2.75) is 43.4 Å². The standard InChI is InChI=1S/C10H21NO4/c11-10(14)4-6-15-9(7-10,8-13)3-1-2-5-12/h12-14H,1-8,11H2/t9-,10-/m0/s1. The van der Waals surface area contributed by atoms with E-state index in [9.17, 15) is 10.2 Å². The van der Waals surface area contributed by atoms with E-state index in [1.165, 1.54) is 0 Å². The van der Waals surface area contributed by atoms with Crippen LogP contribution in [0.15, 0.2) is 0 Å². The first kappa shape index (κ1) is 12.9. The molecule has 1 fully saturated rings. The van der Waals surface area contributed by atoms with E-state index in [4.69, 9.17) is 15.6 Å². The van der Waals surface area contributed by atoms with Gasteiger partial charge in [0.15, 0.2) is 0 Å². The maximum Gasteiger partial charge on any atom is 0.118 e. The number of ether oxygens (including phenoxy) is 1. The van der Waals surface area contributed by atoms with Gasteiger partial charge in [-0.3, -0.25) is 0 Å². The molecule has 5 N–H and O–H groups in total. The van der Waals surface area contributed by atoms with Gasteiger partial charge in [0, 0.05) is 19.4 Å². The predicted molar refractivity (Wildman–Crippen MR) is 55.1 cm³/mol. The molecule has 1 aliphatic rings. The van der Waals surface area contributed by atoms with E-state index in [2.05, 4.69) is 0 Å². The Hall–Kier alpha value is -0.200. The van der Waals surface area contributed by atoms with E-state index >= 15 is 0 Å². The molecule has 90 valence electrons. The van der Waals surface area contributed by atoms with E-state index < -0.39 is 11.3 Å². The Labute approximate surface area is 89.9 Å². The van der Waals surface area contributed by atoms with Gasteiger partial charge in [-0.15, -0.1) is 0 Å². The molecule has 5 nitrogen and oxygen atoms in total. The normalized spacial score (nSPS) is 36.8. The molecule has 0 aromatic rings. The maximum absolute atomic E-state index is 9.73. The van der Waals surface area contributed by atoms with Crippen molar-refractivity contribution in [3.63, 3.8) is 0 Å². The van der Waals surface area contributed by atoms with Gasteiger partial charge < -0.3 is 25.8 Å². The second-order valence-corrected chi connectivity index (χ2v) is 4.40. The van der Waals surface area contributed by atoms with Gasteiger partial charge in [0.05, 0.1) is 18.8 Å². The zero-order chi connectivity index (χ0) is 11.4. The molecule has 0 aliphatic carbocycles. The number of nitrogens with two attached hydrogens (primary N) is 1. The van der Waals surface area contributed by atoms with Crippen LogP contribution in [0, 0.1) is 0 Å². The molecule has 0 amide bonds. The summed E-state index contributed by atoms with van der Waals surface area (Å²) in [7, 11) is 0. The first-order chi connectivity index (χ1) is 7.04. The van der Waals surface area contributed by atoms with Crippen molar-refractivity contribution in [3.05, 3.63) is 0 Å². The minimum atomic E-state index is -1.24. The average Bonchev–Trinajstić information content (AvgIpc) is 2.17. The van der Waals surface area contributed by atoms with Crippen molar-refractivity contribution in [1.29, 1.82) is 0 Å². The highest BCUT2D eigenvalue weighted by Crippen LogP contribution is 2.33. The highest BCUT2D eigenvalue weighted by Gasteiger charge is 2.42. The lowest BCUT2D eigenvalue weighted by atomic mass is 9.85. The Morgan fingerprint density at radius 2 is 2.00 bits per heavy atom. The van der Waals surface area contributed by atoms with Gasteiger partial charge in [-0.1, -0.05) is 0 Å². The van der Waals surface area contributed by atoms with Crippen LogP contribution in [0.5, 0.6) is 0 Å². The molecule has 0 unspecified atom stereocenters. The highest BCUT2D eigenvalue weighted by molar-refractivity contribution is 4.91. The van der Waals surface area contributed by atoms with E-state index in [-0.39, 0.29) is 19.6 Å². The van der Waals surface area contributed by atoms with Gasteiger partial charge in [0.2, 0.25) is 0 Å². The monoisotopic (exact) mass is 219 g/mol. The molecule has 0 bridgehead atoms. The van der Waals surface area contributed by atoms with Crippen LogP contribution in [0.1, 0.15) is 32.1 Å². The van der Waals surface area contributed by atoms with Crippen LogP contribution < -0.4 is 5.73 Å². The molecule has 0 spiro atoms. The van der Waals surface area contributed by atoms with Crippen molar-refractivity contribution in [2.24, 2.45) is 5.73 Å². The first-order valence-corrected chi connectivity index (χ1v) is 5.41. The predicted octanol–water partition coefficient (Wildman–Crippen LogP) is -0.662. The fourth-order valence-electron chi connectivity index (χ4n) is 2.04. The number of unbranched alkanes of at least 4 members (excludes halogenated alkanes) is 1. The zero-order valence-corrected chi connectivity index (χ0v) is 8.98. The number of hydrogen-bond donors (Lipinski definition) is 4. The van der Waals surface area contributed by atoms with Crippen LogP contribution in [0.4, 0.5) is 0 Å². The van der Waals surface area contributed by atoms with Gasteiger partial charge in [-0.05, 0) is 19.3 Å². The summed E-state index contributed by atoms with van der Waals surface area (Å²) >= 11 is 0. The number of rotatable bonds is 5. The van der Waals surface area contributed by atoms with Crippen LogP contribution in [0.3, 0.4) is 0 Å². The molecule has 0 aromatic heterocycles. The molecule has 5 heteroatoms. The Kier molecular flexibility index (Phi) is 4.48. The molecule has 15 heavy (non-hydrogen) atoms. The third-order valence-electron chi connectivity index (χ3n) is 2.90. The highest BCUT2D eigenvalue weighted by atomic mass is 16.5. The Bertz CT molecular complexity index is 198. The number of hydrogen-bond acceptors (Lipinski definition) is 5. The van der Waals surface area contributed by atoms with Crippen LogP contribution in [0.2, 0.25) is 0 Å². The summed E-state index contributed by atoms with van der Waals surface area (Å²) in [4.78, 5) is 0. The van der Waals surface area contributed by atoms with Gasteiger partial charge in [0.25, 0.3) is 0 Å². The lowest BCUT2D eigenvalue weighted by molar-refractivity contribution is -0.178. The smallest absolute Gasteiger partial charge is 0.118 e. The van der Waals surface area contributed by atoms with Crippen LogP contribution in [-0.4, -0.2) is 46.5 Å². The molecule has 2 atom stereocenters. The SMILES string of the molecule is N[C@]1(O)CCO[C@@](CO)(CCCCO)C1. The van der Waals surface area contributed by atoms with E-state index in [0.29, 0.717) is 25.9 Å². The lowest BCUT2D eigenvalue weighted by Gasteiger charge is -2.42. The van der Waals surface area contributed by atoms with Crippen LogP contribution in [-0.2, 0) is 4.74 Å². The zero-order valence-electron chi connectivity index (χ0n) is 8.98. The molecule has 1 aliphatic heterocycles. The van der Waals surface area contributed by atoms with Gasteiger partial charge in [-0.25, -0.2) is 0 Å². The third kappa shape index (κ3) is 3.70.